The average molecular weight is 540 g/mol. The molecule has 5 rings (SSSR count). The molecule has 1 aliphatic carbocycles. The number of nitrogens with one attached hydrogen (secondary N) is 1. The molecule has 2 aromatic rings. The summed E-state index contributed by atoms with van der Waals surface area (Å²) in [5.74, 6) is 2.46. The van der Waals surface area contributed by atoms with E-state index in [2.05, 4.69) is 15.2 Å². The number of hydrogen-bond donors (Lipinski definition) is 1. The summed E-state index contributed by atoms with van der Waals surface area (Å²) in [4.78, 5) is 31.4. The van der Waals surface area contributed by atoms with E-state index < -0.39 is 0 Å². The number of carbonyl (C=O) groups is 2. The summed E-state index contributed by atoms with van der Waals surface area (Å²) in [5.41, 5.74) is 2.45. The number of methoxy groups -OCH3 is 1. The van der Waals surface area contributed by atoms with Crippen molar-refractivity contribution in [2.45, 2.75) is 89.6 Å². The first-order chi connectivity index (χ1) is 19.1. The molecular formula is C30H41N3O6. The van der Waals surface area contributed by atoms with Crippen LogP contribution in [0.15, 0.2) is 22.8 Å². The molecule has 0 bridgehead atoms. The fourth-order valence-electron chi connectivity index (χ4n) is 6.13. The van der Waals surface area contributed by atoms with Crippen LogP contribution in [0.25, 0.3) is 0 Å². The third-order valence-electron chi connectivity index (χ3n) is 8.35. The van der Waals surface area contributed by atoms with Crippen LogP contribution in [0.4, 0.5) is 0 Å². The van der Waals surface area contributed by atoms with E-state index in [1.165, 1.54) is 51.9 Å². The van der Waals surface area contributed by atoms with Gasteiger partial charge < -0.3 is 23.9 Å². The third kappa shape index (κ3) is 7.12. The Morgan fingerprint density at radius 3 is 2.64 bits per heavy atom. The minimum atomic E-state index is -0.243. The second-order valence-corrected chi connectivity index (χ2v) is 11.0. The second kappa shape index (κ2) is 13.3. The Labute approximate surface area is 230 Å². The van der Waals surface area contributed by atoms with Crippen molar-refractivity contribution in [1.29, 1.82) is 0 Å². The first-order valence-corrected chi connectivity index (χ1v) is 14.6. The Hall–Kier alpha value is -3.07. The smallest absolute Gasteiger partial charge is 0.305 e. The van der Waals surface area contributed by atoms with E-state index in [1.54, 1.807) is 0 Å². The van der Waals surface area contributed by atoms with E-state index in [1.807, 2.05) is 12.1 Å². The van der Waals surface area contributed by atoms with E-state index in [0.29, 0.717) is 43.3 Å². The van der Waals surface area contributed by atoms with Crippen LogP contribution in [0.3, 0.4) is 0 Å². The van der Waals surface area contributed by atoms with E-state index in [4.69, 9.17) is 18.6 Å². The maximum absolute atomic E-state index is 12.7. The number of esters is 1. The highest BCUT2D eigenvalue weighted by molar-refractivity contribution is 5.91. The van der Waals surface area contributed by atoms with Gasteiger partial charge in [-0.1, -0.05) is 44.9 Å². The molecule has 2 fully saturated rings. The standard InChI is InChI=1S/C30H41N3O6/c1-36-28(34)13-12-22-16-26-27(39-20-38-26)17-23(22)18-33-15-7-11-25(33)30-32-24(19-37-30)29(35)31-14-6-5-10-21-8-3-2-4-9-21/h16-17,19,21,25H,2-15,18,20H2,1H3,(H,31,35). The number of nitrogens with zero attached hydrogens (tertiary/aromatic N) is 2. The van der Waals surface area contributed by atoms with Crippen molar-refractivity contribution in [2.24, 2.45) is 5.92 Å². The fraction of sp³-hybridized carbons (Fsp3) is 0.633. The van der Waals surface area contributed by atoms with Gasteiger partial charge in [0.25, 0.3) is 5.91 Å². The lowest BCUT2D eigenvalue weighted by atomic mass is 9.86. The number of amides is 1. The van der Waals surface area contributed by atoms with E-state index in [0.717, 1.165) is 55.0 Å². The number of ether oxygens (including phenoxy) is 3. The molecule has 9 nitrogen and oxygen atoms in total. The summed E-state index contributed by atoms with van der Waals surface area (Å²) >= 11 is 0. The SMILES string of the molecule is COC(=O)CCc1cc2c(cc1CN1CCCC1c1nc(C(=O)NCCCCC3CCCCC3)co1)OCO2. The summed E-state index contributed by atoms with van der Waals surface area (Å²) in [6.45, 7) is 2.41. The predicted octanol–water partition coefficient (Wildman–Crippen LogP) is 5.33. The Kier molecular flexibility index (Phi) is 9.40. The topological polar surface area (TPSA) is 103 Å². The predicted molar refractivity (Wildman–Crippen MR) is 145 cm³/mol. The Morgan fingerprint density at radius 2 is 1.85 bits per heavy atom. The van der Waals surface area contributed by atoms with Gasteiger partial charge in [-0.15, -0.1) is 0 Å². The van der Waals surface area contributed by atoms with Gasteiger partial charge >= 0.3 is 5.97 Å². The van der Waals surface area contributed by atoms with Gasteiger partial charge in [0, 0.05) is 19.5 Å². The Balaban J connectivity index is 1.16. The van der Waals surface area contributed by atoms with Crippen molar-refractivity contribution in [3.05, 3.63) is 41.1 Å². The van der Waals surface area contributed by atoms with Gasteiger partial charge in [0.15, 0.2) is 17.2 Å². The second-order valence-electron chi connectivity index (χ2n) is 11.0. The van der Waals surface area contributed by atoms with Crippen LogP contribution < -0.4 is 14.8 Å². The first-order valence-electron chi connectivity index (χ1n) is 14.6. The quantitative estimate of drug-likeness (QED) is 0.285. The van der Waals surface area contributed by atoms with E-state index in [-0.39, 0.29) is 24.7 Å². The zero-order valence-corrected chi connectivity index (χ0v) is 23.0. The van der Waals surface area contributed by atoms with Crippen LogP contribution in [-0.2, 0) is 22.5 Å². The molecule has 0 spiro atoms. The van der Waals surface area contributed by atoms with Crippen molar-refractivity contribution in [1.82, 2.24) is 15.2 Å². The van der Waals surface area contributed by atoms with Gasteiger partial charge in [-0.25, -0.2) is 4.98 Å². The van der Waals surface area contributed by atoms with Crippen LogP contribution in [0, 0.1) is 5.92 Å². The molecular weight excluding hydrogens is 498 g/mol. The summed E-state index contributed by atoms with van der Waals surface area (Å²) in [5, 5.41) is 3.01. The summed E-state index contributed by atoms with van der Waals surface area (Å²) < 4.78 is 21.8. The van der Waals surface area contributed by atoms with Crippen molar-refractivity contribution in [3.63, 3.8) is 0 Å². The highest BCUT2D eigenvalue weighted by Gasteiger charge is 2.31. The molecule has 1 N–H and O–H groups in total. The zero-order valence-electron chi connectivity index (χ0n) is 23.0. The maximum Gasteiger partial charge on any atom is 0.305 e. The lowest BCUT2D eigenvalue weighted by Crippen LogP contribution is -2.26. The number of unbranched alkanes of at least 4 members (excludes halogenated alkanes) is 1. The van der Waals surface area contributed by atoms with Gasteiger partial charge in [-0.05, 0) is 61.4 Å². The molecule has 1 saturated carbocycles. The molecule has 39 heavy (non-hydrogen) atoms. The summed E-state index contributed by atoms with van der Waals surface area (Å²) in [7, 11) is 1.40. The zero-order chi connectivity index (χ0) is 27.0. The number of likely N-dealkylation sites (tertiary alicyclic amines) is 1. The number of rotatable bonds is 12. The number of aromatic nitrogens is 1. The molecule has 0 radical (unpaired) electrons. The monoisotopic (exact) mass is 539 g/mol. The maximum atomic E-state index is 12.7. The number of aryl methyl sites for hydroxylation is 1. The minimum Gasteiger partial charge on any atom is -0.469 e. The molecule has 1 atom stereocenters. The van der Waals surface area contributed by atoms with Crippen LogP contribution in [0.5, 0.6) is 11.5 Å². The normalized spacial score (nSPS) is 19.4. The van der Waals surface area contributed by atoms with Gasteiger partial charge in [0.2, 0.25) is 12.7 Å². The molecule has 2 aliphatic heterocycles. The van der Waals surface area contributed by atoms with Crippen LogP contribution in [0.1, 0.15) is 104 Å². The number of benzene rings is 1. The molecule has 1 aromatic heterocycles. The highest BCUT2D eigenvalue weighted by Crippen LogP contribution is 2.38. The number of fused-ring (bicyclic) bond motifs is 1. The lowest BCUT2D eigenvalue weighted by molar-refractivity contribution is -0.140. The van der Waals surface area contributed by atoms with Crippen LogP contribution in [-0.4, -0.2) is 48.8 Å². The fourth-order valence-corrected chi connectivity index (χ4v) is 6.13. The minimum absolute atomic E-state index is 0.0130. The molecule has 1 saturated heterocycles. The van der Waals surface area contributed by atoms with E-state index in [9.17, 15) is 9.59 Å². The molecule has 1 amide bonds. The van der Waals surface area contributed by atoms with Gasteiger partial charge in [0.05, 0.1) is 13.2 Å². The number of hydrogen-bond acceptors (Lipinski definition) is 8. The lowest BCUT2D eigenvalue weighted by Gasteiger charge is -2.23. The van der Waals surface area contributed by atoms with E-state index >= 15 is 0 Å². The van der Waals surface area contributed by atoms with Gasteiger partial charge in [-0.3, -0.25) is 14.5 Å². The highest BCUT2D eigenvalue weighted by atomic mass is 16.7. The molecule has 3 aliphatic rings. The molecule has 9 heteroatoms. The van der Waals surface area contributed by atoms with Gasteiger partial charge in [0.1, 0.15) is 6.26 Å². The first kappa shape index (κ1) is 27.5. The third-order valence-corrected chi connectivity index (χ3v) is 8.35. The van der Waals surface area contributed by atoms with Crippen molar-refractivity contribution in [3.8, 4) is 11.5 Å². The molecule has 1 unspecified atom stereocenters. The molecule has 3 heterocycles. The Morgan fingerprint density at radius 1 is 1.05 bits per heavy atom. The summed E-state index contributed by atoms with van der Waals surface area (Å²) in [6.07, 6.45) is 14.6. The van der Waals surface area contributed by atoms with Crippen molar-refractivity contribution >= 4 is 11.9 Å². The molecule has 1 aromatic carbocycles. The summed E-state index contributed by atoms with van der Waals surface area (Å²) in [6, 6.07) is 3.96. The van der Waals surface area contributed by atoms with Gasteiger partial charge in [-0.2, -0.15) is 0 Å². The molecule has 212 valence electrons. The van der Waals surface area contributed by atoms with Crippen LogP contribution in [0.2, 0.25) is 0 Å². The number of carbonyl (C=O) groups excluding carboxylic acids is 2. The largest absolute Gasteiger partial charge is 0.469 e. The van der Waals surface area contributed by atoms with Crippen molar-refractivity contribution in [2.75, 3.05) is 27.0 Å². The van der Waals surface area contributed by atoms with Crippen molar-refractivity contribution < 1.29 is 28.2 Å². The number of oxazole rings is 1. The average Bonchev–Trinajstić information content (AvgIpc) is 3.72. The Bertz CT molecular complexity index is 1130. The van der Waals surface area contributed by atoms with Crippen LogP contribution >= 0.6 is 0 Å².